The molecule has 0 radical (unpaired) electrons. The second-order valence-corrected chi connectivity index (χ2v) is 8.43. The van der Waals surface area contributed by atoms with E-state index in [1.807, 2.05) is 0 Å². The number of nitrogen functional groups attached to an aromatic ring is 1. The highest BCUT2D eigenvalue weighted by Gasteiger charge is 2.62. The minimum atomic E-state index is -1.09. The molecule has 1 aromatic carbocycles. The average Bonchev–Trinajstić information content (AvgIpc) is 2.95. The van der Waals surface area contributed by atoms with Gasteiger partial charge in [0.15, 0.2) is 12.5 Å². The van der Waals surface area contributed by atoms with Crippen LogP contribution in [0.4, 0.5) is 5.69 Å². The molecule has 2 aliphatic carbocycles. The maximum absolute atomic E-state index is 11.8. The van der Waals surface area contributed by atoms with Gasteiger partial charge in [-0.3, -0.25) is 0 Å². The van der Waals surface area contributed by atoms with E-state index in [2.05, 4.69) is 20.8 Å². The molecule has 3 unspecified atom stereocenters. The molecule has 27 heavy (non-hydrogen) atoms. The van der Waals surface area contributed by atoms with E-state index in [4.69, 9.17) is 15.2 Å². The van der Waals surface area contributed by atoms with Crippen molar-refractivity contribution in [3.8, 4) is 5.75 Å². The van der Waals surface area contributed by atoms with E-state index < -0.39 is 5.97 Å². The third-order valence-electron chi connectivity index (χ3n) is 7.31. The maximum Gasteiger partial charge on any atom is 0.339 e. The molecule has 0 aromatic heterocycles. The number of fused-ring (bicyclic) bond motifs is 2. The zero-order valence-corrected chi connectivity index (χ0v) is 16.3. The van der Waals surface area contributed by atoms with Crippen LogP contribution in [0, 0.1) is 16.7 Å². The molecule has 0 spiro atoms. The Balaban J connectivity index is 2.11. The van der Waals surface area contributed by atoms with Gasteiger partial charge in [-0.15, -0.1) is 0 Å². The Morgan fingerprint density at radius 1 is 1.37 bits per heavy atom. The minimum absolute atomic E-state index is 0.00556. The van der Waals surface area contributed by atoms with E-state index in [0.29, 0.717) is 11.6 Å². The number of carbonyl (C=O) groups is 1. The van der Waals surface area contributed by atoms with E-state index in [1.54, 1.807) is 12.0 Å². The summed E-state index contributed by atoms with van der Waals surface area (Å²) in [5, 5.41) is 9.67. The van der Waals surface area contributed by atoms with Crippen molar-refractivity contribution < 1.29 is 24.2 Å². The van der Waals surface area contributed by atoms with Gasteiger partial charge in [-0.25, -0.2) is 9.59 Å². The van der Waals surface area contributed by atoms with Crippen LogP contribution in [-0.4, -0.2) is 30.7 Å². The minimum Gasteiger partial charge on any atom is -0.487 e. The van der Waals surface area contributed by atoms with Gasteiger partial charge < -0.3 is 20.3 Å². The zero-order valence-electron chi connectivity index (χ0n) is 16.3. The fourth-order valence-corrected chi connectivity index (χ4v) is 5.21. The van der Waals surface area contributed by atoms with E-state index in [0.717, 1.165) is 18.4 Å². The van der Waals surface area contributed by atoms with Gasteiger partial charge in [-0.2, -0.15) is 0 Å². The number of nitrogens with two attached hydrogens (primary N) is 1. The van der Waals surface area contributed by atoms with Crippen molar-refractivity contribution in [3.05, 3.63) is 29.0 Å². The molecule has 2 aliphatic rings. The van der Waals surface area contributed by atoms with Crippen LogP contribution in [0.3, 0.4) is 0 Å². The number of methoxy groups -OCH3 is 1. The van der Waals surface area contributed by atoms with Crippen LogP contribution in [0.5, 0.6) is 5.75 Å². The van der Waals surface area contributed by atoms with Crippen LogP contribution in [0.25, 0.3) is 0 Å². The van der Waals surface area contributed by atoms with Gasteiger partial charge in [0.05, 0.1) is 7.11 Å². The molecule has 0 saturated heterocycles. The second-order valence-electron chi connectivity index (χ2n) is 8.43. The van der Waals surface area contributed by atoms with Crippen molar-refractivity contribution in [1.29, 1.82) is 0 Å². The van der Waals surface area contributed by atoms with Gasteiger partial charge in [0.1, 0.15) is 11.3 Å². The second kappa shape index (κ2) is 6.61. The van der Waals surface area contributed by atoms with Crippen molar-refractivity contribution in [2.75, 3.05) is 19.5 Å². The highest BCUT2D eigenvalue weighted by molar-refractivity contribution is 5.92. The Kier molecular flexibility index (Phi) is 4.73. The molecule has 1 aromatic rings. The Hall–Kier alpha value is -2.46. The lowest BCUT2D eigenvalue weighted by atomic mass is 9.64. The summed E-state index contributed by atoms with van der Waals surface area (Å²) in [4.78, 5) is 22.7. The first-order valence-corrected chi connectivity index (χ1v) is 9.23. The fraction of sp³-hybridized carbons (Fsp3) is 0.571. The third kappa shape index (κ3) is 2.79. The van der Waals surface area contributed by atoms with Crippen LogP contribution in [-0.2, 0) is 9.53 Å². The van der Waals surface area contributed by atoms with E-state index in [1.165, 1.54) is 19.6 Å². The molecule has 2 saturated carbocycles. The van der Waals surface area contributed by atoms with Gasteiger partial charge in [-0.1, -0.05) is 20.8 Å². The molecule has 3 atom stereocenters. The monoisotopic (exact) mass is 373 g/mol. The van der Waals surface area contributed by atoms with Gasteiger partial charge >= 0.3 is 5.97 Å². The summed E-state index contributed by atoms with van der Waals surface area (Å²) in [5.41, 5.74) is 7.79. The number of benzene rings is 1. The van der Waals surface area contributed by atoms with Gasteiger partial charge in [0, 0.05) is 11.3 Å². The lowest BCUT2D eigenvalue weighted by Crippen LogP contribution is -2.32. The zero-order chi connectivity index (χ0) is 20.0. The van der Waals surface area contributed by atoms with E-state index in [-0.39, 0.29) is 40.4 Å². The number of hydrogen-bond donors (Lipinski definition) is 2. The molecule has 0 amide bonds. The molecule has 2 fully saturated rings. The van der Waals surface area contributed by atoms with Crippen LogP contribution < -0.4 is 10.5 Å². The Morgan fingerprint density at radius 3 is 2.56 bits per heavy atom. The number of carbonyl (C=O) groups excluding carboxylic acids is 1. The van der Waals surface area contributed by atoms with E-state index >= 15 is 0 Å². The molecule has 0 heterocycles. The Morgan fingerprint density at radius 2 is 2.07 bits per heavy atom. The van der Waals surface area contributed by atoms with Crippen molar-refractivity contribution in [2.24, 2.45) is 16.7 Å². The summed E-state index contributed by atoms with van der Waals surface area (Å²) >= 11 is 0. The summed E-state index contributed by atoms with van der Waals surface area (Å²) in [6, 6.07) is 3.09. The molecule has 6 heteroatoms. The Labute approximate surface area is 159 Å². The van der Waals surface area contributed by atoms with Crippen molar-refractivity contribution >= 4 is 17.6 Å². The average molecular weight is 373 g/mol. The lowest BCUT2D eigenvalue weighted by Gasteiger charge is -2.40. The molecule has 3 N–H and O–H groups in total. The number of ether oxygens (including phenoxy) is 2. The molecule has 6 nitrogen and oxygen atoms in total. The summed E-state index contributed by atoms with van der Waals surface area (Å²) in [5.74, 6) is 1.45. The molecule has 146 valence electrons. The maximum atomic E-state index is 11.8. The summed E-state index contributed by atoms with van der Waals surface area (Å²) in [6.07, 6.45) is 3.20. The first kappa shape index (κ1) is 19.3. The molecular formula is C21H27NO5. The van der Waals surface area contributed by atoms with Gasteiger partial charge in [0.25, 0.3) is 0 Å². The first-order valence-electron chi connectivity index (χ1n) is 9.23. The summed E-state index contributed by atoms with van der Waals surface area (Å²) in [7, 11) is 1.35. The molecule has 2 bridgehead atoms. The lowest BCUT2D eigenvalue weighted by molar-refractivity contribution is 0.0691. The van der Waals surface area contributed by atoms with Crippen molar-refractivity contribution in [3.63, 3.8) is 0 Å². The van der Waals surface area contributed by atoms with Gasteiger partial charge in [-0.05, 0) is 54.1 Å². The highest BCUT2D eigenvalue weighted by atomic mass is 16.5. The van der Waals surface area contributed by atoms with Gasteiger partial charge in [0.2, 0.25) is 5.76 Å². The molecular weight excluding hydrogens is 346 g/mol. The molecule has 0 aliphatic heterocycles. The molecule has 3 rings (SSSR count). The summed E-state index contributed by atoms with van der Waals surface area (Å²) < 4.78 is 10.7. The van der Waals surface area contributed by atoms with Crippen LogP contribution in [0.1, 0.15) is 61.9 Å². The standard InChI is InChI=1S/C21H27NO5/c1-20(2)12-7-8-21(20,3)15(9-12)17-16(22)6-5-14(19(24)25)18(17)27-11-13(10-23)26-4/h5-6,12,15H,7-9,11,22H2,1-4H3,(H,24,25). The number of rotatable bonds is 6. The van der Waals surface area contributed by atoms with Crippen LogP contribution in [0.15, 0.2) is 17.9 Å². The quantitative estimate of drug-likeness (QED) is 0.449. The van der Waals surface area contributed by atoms with Crippen LogP contribution >= 0.6 is 0 Å². The normalized spacial score (nSPS) is 27.9. The van der Waals surface area contributed by atoms with Crippen LogP contribution in [0.2, 0.25) is 0 Å². The number of carboxylic acid groups (broad SMARTS) is 1. The summed E-state index contributed by atoms with van der Waals surface area (Å²) in [6.45, 7) is 6.67. The first-order chi connectivity index (χ1) is 12.7. The Bertz CT molecular complexity index is 824. The smallest absolute Gasteiger partial charge is 0.339 e. The number of aromatic carboxylic acids is 1. The number of carboxylic acids is 1. The SMILES string of the molecule is COC(=C=O)COc1c(C(=O)O)ccc(N)c1C1CC2CCC1(C)C2(C)C. The fourth-order valence-electron chi connectivity index (χ4n) is 5.21. The van der Waals surface area contributed by atoms with Crippen molar-refractivity contribution in [2.45, 2.75) is 46.0 Å². The van der Waals surface area contributed by atoms with Crippen molar-refractivity contribution in [1.82, 2.24) is 0 Å². The predicted octanol–water partition coefficient (Wildman–Crippen LogP) is 3.64. The largest absolute Gasteiger partial charge is 0.487 e. The number of anilines is 1. The highest BCUT2D eigenvalue weighted by Crippen LogP contribution is 2.72. The predicted molar refractivity (Wildman–Crippen MR) is 101 cm³/mol. The topological polar surface area (TPSA) is 98.8 Å². The third-order valence-corrected chi connectivity index (χ3v) is 7.31. The van der Waals surface area contributed by atoms with E-state index in [9.17, 15) is 14.7 Å². The number of hydrogen-bond acceptors (Lipinski definition) is 5.